The highest BCUT2D eigenvalue weighted by atomic mass is 19.1. The van der Waals surface area contributed by atoms with E-state index >= 15 is 8.78 Å². The molecule has 3 aliphatic heterocycles. The molecule has 3 N–H and O–H groups in total. The van der Waals surface area contributed by atoms with Gasteiger partial charge in [-0.2, -0.15) is 13.8 Å². The second-order valence-electron chi connectivity index (χ2n) is 12.1. The molecule has 3 aromatic rings. The summed E-state index contributed by atoms with van der Waals surface area (Å²) in [6.07, 6.45) is 4.96. The van der Waals surface area contributed by atoms with Crippen molar-refractivity contribution in [2.24, 2.45) is 0 Å². The third-order valence-corrected chi connectivity index (χ3v) is 9.58. The lowest BCUT2D eigenvalue weighted by Crippen LogP contribution is -2.49. The number of methoxy groups -OCH3 is 2. The molecule has 1 aliphatic carbocycles. The Morgan fingerprint density at radius 3 is 2.36 bits per heavy atom. The average Bonchev–Trinajstić information content (AvgIpc) is 3.87. The highest BCUT2D eigenvalue weighted by Gasteiger charge is 2.57. The lowest BCUT2D eigenvalue weighted by Gasteiger charge is -2.41. The van der Waals surface area contributed by atoms with Crippen LogP contribution in [0.5, 0.6) is 11.8 Å². The van der Waals surface area contributed by atoms with Gasteiger partial charge in [0.2, 0.25) is 17.5 Å². The number of aromatic nitrogens is 2. The zero-order valence-electron chi connectivity index (χ0n) is 25.4. The molecule has 3 fully saturated rings. The van der Waals surface area contributed by atoms with Crippen LogP contribution in [0.25, 0.3) is 0 Å². The summed E-state index contributed by atoms with van der Waals surface area (Å²) in [7, 11) is 2.44. The van der Waals surface area contributed by atoms with Crippen molar-refractivity contribution in [1.82, 2.24) is 14.9 Å². The predicted octanol–water partition coefficient (Wildman–Crippen LogP) is 3.98. The van der Waals surface area contributed by atoms with Crippen LogP contribution in [0.15, 0.2) is 30.5 Å². The molecule has 13 heteroatoms. The van der Waals surface area contributed by atoms with E-state index in [-0.39, 0.29) is 12.5 Å². The van der Waals surface area contributed by atoms with Crippen molar-refractivity contribution in [3.63, 3.8) is 0 Å². The quantitative estimate of drug-likeness (QED) is 0.375. The molecule has 1 saturated carbocycles. The highest BCUT2D eigenvalue weighted by molar-refractivity contribution is 6.05. The van der Waals surface area contributed by atoms with Gasteiger partial charge >= 0.3 is 0 Å². The maximum atomic E-state index is 15.3. The van der Waals surface area contributed by atoms with Crippen LogP contribution < -0.4 is 30.3 Å². The van der Waals surface area contributed by atoms with E-state index in [2.05, 4.69) is 25.1 Å². The first-order valence-corrected chi connectivity index (χ1v) is 15.3. The summed E-state index contributed by atoms with van der Waals surface area (Å²) in [5, 5.41) is 3.36. The number of benzene rings is 1. The number of anilines is 5. The molecule has 0 atom stereocenters. The van der Waals surface area contributed by atoms with Gasteiger partial charge in [-0.3, -0.25) is 9.69 Å². The first kappa shape index (κ1) is 29.5. The molecule has 2 saturated heterocycles. The van der Waals surface area contributed by atoms with Gasteiger partial charge in [0.15, 0.2) is 0 Å². The Morgan fingerprint density at radius 2 is 1.71 bits per heavy atom. The van der Waals surface area contributed by atoms with Crippen LogP contribution in [-0.4, -0.2) is 80.4 Å². The summed E-state index contributed by atoms with van der Waals surface area (Å²) < 4.78 is 46.2. The Kier molecular flexibility index (Phi) is 7.60. The molecule has 2 aromatic heterocycles. The highest BCUT2D eigenvalue weighted by Crippen LogP contribution is 2.55. The molecule has 1 amide bonds. The molecular weight excluding hydrogens is 584 g/mol. The maximum Gasteiger partial charge on any atom is 0.255 e. The van der Waals surface area contributed by atoms with E-state index < -0.39 is 34.5 Å². The number of nitrogens with one attached hydrogen (secondary N) is 1. The molecule has 4 aliphatic rings. The van der Waals surface area contributed by atoms with E-state index in [1.54, 1.807) is 6.20 Å². The minimum absolute atomic E-state index is 0.0641. The van der Waals surface area contributed by atoms with Gasteiger partial charge in [0.1, 0.15) is 11.5 Å². The van der Waals surface area contributed by atoms with Gasteiger partial charge in [-0.1, -0.05) is 0 Å². The molecule has 0 bridgehead atoms. The smallest absolute Gasteiger partial charge is 0.255 e. The van der Waals surface area contributed by atoms with Crippen LogP contribution in [0.3, 0.4) is 0 Å². The van der Waals surface area contributed by atoms with Gasteiger partial charge in [0, 0.05) is 44.1 Å². The number of fused-ring (bicyclic) bond motifs is 2. The number of piperidine rings is 1. The number of nitrogen functional groups attached to an aromatic ring is 1. The summed E-state index contributed by atoms with van der Waals surface area (Å²) in [4.78, 5) is 28.2. The fraction of sp³-hybridized carbons (Fsp3) is 0.469. The van der Waals surface area contributed by atoms with Gasteiger partial charge < -0.3 is 35.1 Å². The number of morpholine rings is 1. The summed E-state index contributed by atoms with van der Waals surface area (Å²) in [5.74, 6) is -2.87. The molecule has 238 valence electrons. The van der Waals surface area contributed by atoms with Crippen molar-refractivity contribution in [2.45, 2.75) is 43.7 Å². The fourth-order valence-electron chi connectivity index (χ4n) is 6.94. The Balaban J connectivity index is 1.12. The first-order valence-electron chi connectivity index (χ1n) is 15.3. The largest absolute Gasteiger partial charge is 0.479 e. The van der Waals surface area contributed by atoms with Crippen molar-refractivity contribution in [3.05, 3.63) is 53.2 Å². The van der Waals surface area contributed by atoms with Gasteiger partial charge in [0.05, 0.1) is 50.8 Å². The van der Waals surface area contributed by atoms with Crippen molar-refractivity contribution >= 4 is 34.5 Å². The number of halogens is 2. The number of rotatable bonds is 7. The SMILES string of the molecule is COc1nc(OC)c(F)c(N2Cc3cnc(Nc4cc(N5CCC(N6CCOCC6)CC5)ccc4N)cc3C3(CC3)C2=O)c1F. The Morgan fingerprint density at radius 1 is 1.02 bits per heavy atom. The second kappa shape index (κ2) is 11.6. The standard InChI is InChI=1S/C32H37F2N7O4/c1-43-29-26(33)28(27(34)30(38-29)44-2)41-18-19-17-36-25(16-22(19)32(7-8-32)31(41)42)37-24-15-21(3-4-23(24)35)39-9-5-20(6-10-39)40-11-13-45-14-12-40/h3-4,15-17,20H,5-14,18,35H2,1-2H3,(H,36,37). The Bertz CT molecular complexity index is 1590. The lowest BCUT2D eigenvalue weighted by atomic mass is 9.86. The molecular formula is C32H37F2N7O4. The molecule has 45 heavy (non-hydrogen) atoms. The topological polar surface area (TPSA) is 118 Å². The number of amides is 1. The van der Waals surface area contributed by atoms with Crippen LogP contribution in [0.2, 0.25) is 0 Å². The summed E-state index contributed by atoms with van der Waals surface area (Å²) in [5.41, 5.74) is 8.85. The molecule has 11 nitrogen and oxygen atoms in total. The van der Waals surface area contributed by atoms with Crippen LogP contribution in [-0.2, 0) is 21.5 Å². The molecule has 1 spiro atoms. The first-order chi connectivity index (χ1) is 21.8. The number of hydrogen-bond acceptors (Lipinski definition) is 10. The van der Waals surface area contributed by atoms with E-state index in [1.165, 1.54) is 14.2 Å². The van der Waals surface area contributed by atoms with Crippen molar-refractivity contribution < 1.29 is 27.8 Å². The summed E-state index contributed by atoms with van der Waals surface area (Å²) >= 11 is 0. The molecule has 5 heterocycles. The zero-order chi connectivity index (χ0) is 31.3. The van der Waals surface area contributed by atoms with Gasteiger partial charge in [-0.15, -0.1) is 0 Å². The van der Waals surface area contributed by atoms with E-state index in [4.69, 9.17) is 19.9 Å². The number of pyridine rings is 2. The van der Waals surface area contributed by atoms with Crippen molar-refractivity contribution in [1.29, 1.82) is 0 Å². The number of nitrogens with zero attached hydrogens (tertiary/aromatic N) is 5. The van der Waals surface area contributed by atoms with E-state index in [0.717, 1.165) is 74.1 Å². The second-order valence-corrected chi connectivity index (χ2v) is 12.1. The van der Waals surface area contributed by atoms with Gasteiger partial charge in [0.25, 0.3) is 11.8 Å². The predicted molar refractivity (Wildman–Crippen MR) is 165 cm³/mol. The van der Waals surface area contributed by atoms with E-state index in [1.807, 2.05) is 24.3 Å². The van der Waals surface area contributed by atoms with Crippen LogP contribution in [0, 0.1) is 11.6 Å². The van der Waals surface area contributed by atoms with Crippen LogP contribution in [0.1, 0.15) is 36.8 Å². The normalized spacial score (nSPS) is 19.9. The monoisotopic (exact) mass is 621 g/mol. The van der Waals surface area contributed by atoms with Crippen LogP contribution >= 0.6 is 0 Å². The van der Waals surface area contributed by atoms with Gasteiger partial charge in [-0.05, 0) is 61.1 Å². The number of hydrogen-bond donors (Lipinski definition) is 2. The average molecular weight is 622 g/mol. The molecule has 0 unspecified atom stereocenters. The van der Waals surface area contributed by atoms with E-state index in [9.17, 15) is 4.79 Å². The summed E-state index contributed by atoms with van der Waals surface area (Å²) in [6.45, 7) is 5.47. The zero-order valence-corrected chi connectivity index (χ0v) is 25.4. The maximum absolute atomic E-state index is 15.3. The minimum Gasteiger partial charge on any atom is -0.479 e. The third-order valence-electron chi connectivity index (χ3n) is 9.58. The van der Waals surface area contributed by atoms with Crippen molar-refractivity contribution in [2.75, 3.05) is 74.5 Å². The number of ether oxygens (including phenoxy) is 3. The van der Waals surface area contributed by atoms with Crippen molar-refractivity contribution in [3.8, 4) is 11.8 Å². The Hall–Kier alpha value is -4.23. The van der Waals surface area contributed by atoms with E-state index in [0.29, 0.717) is 36.0 Å². The Labute approximate surface area is 260 Å². The molecule has 0 radical (unpaired) electrons. The van der Waals surface area contributed by atoms with Crippen LogP contribution in [0.4, 0.5) is 37.3 Å². The minimum atomic E-state index is -1.06. The summed E-state index contributed by atoms with van der Waals surface area (Å²) in [6, 6.07) is 8.43. The molecule has 7 rings (SSSR count). The number of carbonyl (C=O) groups is 1. The molecule has 1 aromatic carbocycles. The third kappa shape index (κ3) is 5.17. The van der Waals surface area contributed by atoms with Gasteiger partial charge in [-0.25, -0.2) is 4.98 Å². The lowest BCUT2D eigenvalue weighted by molar-refractivity contribution is -0.121. The fourth-order valence-corrected chi connectivity index (χ4v) is 6.94. The number of carbonyl (C=O) groups excluding carboxylic acids is 1. The number of nitrogens with two attached hydrogens (primary N) is 1.